The number of halogens is 1. The van der Waals surface area contributed by atoms with Crippen LogP contribution in [0.1, 0.15) is 18.1 Å². The number of alkyl halides is 1. The van der Waals surface area contributed by atoms with Gasteiger partial charge < -0.3 is 5.73 Å². The summed E-state index contributed by atoms with van der Waals surface area (Å²) in [6, 6.07) is 7.71. The average Bonchev–Trinajstić information content (AvgIpc) is 2.04. The maximum atomic E-state index is 12.7. The van der Waals surface area contributed by atoms with Crippen molar-refractivity contribution >= 4 is 0 Å². The highest BCUT2D eigenvalue weighted by Gasteiger charge is 2.03. The molecule has 0 aliphatic heterocycles. The summed E-state index contributed by atoms with van der Waals surface area (Å²) in [4.78, 5) is 0. The van der Waals surface area contributed by atoms with Gasteiger partial charge in [0, 0.05) is 13.0 Å². The quantitative estimate of drug-likeness (QED) is 0.732. The summed E-state index contributed by atoms with van der Waals surface area (Å²) in [6.45, 7) is 2.05. The molecule has 0 fully saturated rings. The highest BCUT2D eigenvalue weighted by molar-refractivity contribution is 5.27. The molecule has 1 aromatic rings. The summed E-state index contributed by atoms with van der Waals surface area (Å²) >= 11 is 0. The van der Waals surface area contributed by atoms with Crippen LogP contribution < -0.4 is 5.73 Å². The van der Waals surface area contributed by atoms with Gasteiger partial charge in [-0.05, 0) is 18.1 Å². The number of hydrogen-bond donors (Lipinski definition) is 1. The standard InChI is InChI=1S/C10H14FN/c1-8(11)6-9-4-2-3-5-10(9)7-12/h2-5,8H,6-7,12H2,1H3. The van der Waals surface area contributed by atoms with Crippen molar-refractivity contribution in [3.05, 3.63) is 35.4 Å². The van der Waals surface area contributed by atoms with Crippen LogP contribution >= 0.6 is 0 Å². The Balaban J connectivity index is 2.82. The van der Waals surface area contributed by atoms with Crippen molar-refractivity contribution in [1.29, 1.82) is 0 Å². The lowest BCUT2D eigenvalue weighted by Crippen LogP contribution is -2.05. The molecule has 1 atom stereocenters. The minimum absolute atomic E-state index is 0.466. The molecule has 12 heavy (non-hydrogen) atoms. The first kappa shape index (κ1) is 9.20. The van der Waals surface area contributed by atoms with Gasteiger partial charge in [0.05, 0.1) is 0 Å². The van der Waals surface area contributed by atoms with Crippen molar-refractivity contribution in [3.8, 4) is 0 Å². The molecular formula is C10H14FN. The Hall–Kier alpha value is -0.890. The van der Waals surface area contributed by atoms with Crippen LogP contribution in [-0.2, 0) is 13.0 Å². The Labute approximate surface area is 72.4 Å². The molecule has 2 N–H and O–H groups in total. The van der Waals surface area contributed by atoms with E-state index >= 15 is 0 Å². The predicted molar refractivity (Wildman–Crippen MR) is 48.6 cm³/mol. The van der Waals surface area contributed by atoms with Crippen LogP contribution in [0.2, 0.25) is 0 Å². The largest absolute Gasteiger partial charge is 0.326 e. The van der Waals surface area contributed by atoms with E-state index in [-0.39, 0.29) is 0 Å². The molecule has 0 heterocycles. The van der Waals surface area contributed by atoms with E-state index in [1.165, 1.54) is 0 Å². The monoisotopic (exact) mass is 167 g/mol. The molecule has 1 unspecified atom stereocenters. The molecule has 0 aliphatic rings. The summed E-state index contributed by atoms with van der Waals surface area (Å²) in [5, 5.41) is 0. The second-order valence-corrected chi connectivity index (χ2v) is 2.96. The smallest absolute Gasteiger partial charge is 0.101 e. The number of rotatable bonds is 3. The van der Waals surface area contributed by atoms with Crippen LogP contribution in [0.25, 0.3) is 0 Å². The zero-order chi connectivity index (χ0) is 8.97. The first-order chi connectivity index (χ1) is 5.74. The molecule has 1 aromatic carbocycles. The van der Waals surface area contributed by atoms with Crippen molar-refractivity contribution in [1.82, 2.24) is 0 Å². The van der Waals surface area contributed by atoms with Crippen molar-refractivity contribution in [2.24, 2.45) is 5.73 Å². The molecule has 66 valence electrons. The van der Waals surface area contributed by atoms with Gasteiger partial charge in [-0.25, -0.2) is 4.39 Å². The number of nitrogens with two attached hydrogens (primary N) is 1. The molecular weight excluding hydrogens is 153 g/mol. The van der Waals surface area contributed by atoms with E-state index in [0.29, 0.717) is 13.0 Å². The maximum absolute atomic E-state index is 12.7. The minimum atomic E-state index is -0.794. The van der Waals surface area contributed by atoms with Gasteiger partial charge in [0.1, 0.15) is 6.17 Å². The van der Waals surface area contributed by atoms with Gasteiger partial charge in [0.2, 0.25) is 0 Å². The third-order valence-corrected chi connectivity index (χ3v) is 1.84. The molecule has 0 saturated carbocycles. The highest BCUT2D eigenvalue weighted by atomic mass is 19.1. The van der Waals surface area contributed by atoms with Gasteiger partial charge in [-0.15, -0.1) is 0 Å². The molecule has 0 saturated heterocycles. The Morgan fingerprint density at radius 2 is 1.92 bits per heavy atom. The van der Waals surface area contributed by atoms with Crippen LogP contribution in [0.5, 0.6) is 0 Å². The summed E-state index contributed by atoms with van der Waals surface area (Å²) in [5.41, 5.74) is 7.57. The first-order valence-corrected chi connectivity index (χ1v) is 4.15. The van der Waals surface area contributed by atoms with Crippen molar-refractivity contribution in [2.45, 2.75) is 26.1 Å². The van der Waals surface area contributed by atoms with Crippen LogP contribution in [0.4, 0.5) is 4.39 Å². The molecule has 1 nitrogen and oxygen atoms in total. The van der Waals surface area contributed by atoms with E-state index in [4.69, 9.17) is 5.73 Å². The van der Waals surface area contributed by atoms with Gasteiger partial charge in [-0.2, -0.15) is 0 Å². The van der Waals surface area contributed by atoms with Gasteiger partial charge in [0.25, 0.3) is 0 Å². The fourth-order valence-corrected chi connectivity index (χ4v) is 1.26. The van der Waals surface area contributed by atoms with Crippen LogP contribution in [0, 0.1) is 0 Å². The van der Waals surface area contributed by atoms with Crippen molar-refractivity contribution < 1.29 is 4.39 Å². The fourth-order valence-electron chi connectivity index (χ4n) is 1.26. The van der Waals surface area contributed by atoms with E-state index in [9.17, 15) is 4.39 Å². The molecule has 0 aliphatic carbocycles. The van der Waals surface area contributed by atoms with E-state index in [2.05, 4.69) is 0 Å². The molecule has 0 bridgehead atoms. The topological polar surface area (TPSA) is 26.0 Å². The van der Waals surface area contributed by atoms with Gasteiger partial charge in [-0.3, -0.25) is 0 Å². The lowest BCUT2D eigenvalue weighted by atomic mass is 10.0. The number of hydrogen-bond acceptors (Lipinski definition) is 1. The van der Waals surface area contributed by atoms with Gasteiger partial charge in [0.15, 0.2) is 0 Å². The van der Waals surface area contributed by atoms with E-state index in [1.807, 2.05) is 24.3 Å². The second-order valence-electron chi connectivity index (χ2n) is 2.96. The Bertz CT molecular complexity index is 245. The molecule has 0 amide bonds. The third kappa shape index (κ3) is 2.31. The Kier molecular flexibility index (Phi) is 3.23. The average molecular weight is 167 g/mol. The molecule has 2 heteroatoms. The Morgan fingerprint density at radius 1 is 1.33 bits per heavy atom. The van der Waals surface area contributed by atoms with E-state index in [1.54, 1.807) is 6.92 Å². The number of benzene rings is 1. The fraction of sp³-hybridized carbons (Fsp3) is 0.400. The second kappa shape index (κ2) is 4.21. The van der Waals surface area contributed by atoms with Gasteiger partial charge >= 0.3 is 0 Å². The summed E-state index contributed by atoms with van der Waals surface area (Å²) in [7, 11) is 0. The summed E-state index contributed by atoms with van der Waals surface area (Å²) in [5.74, 6) is 0. The molecule has 0 spiro atoms. The summed E-state index contributed by atoms with van der Waals surface area (Å²) < 4.78 is 12.7. The zero-order valence-electron chi connectivity index (χ0n) is 7.26. The van der Waals surface area contributed by atoms with Crippen LogP contribution in [0.15, 0.2) is 24.3 Å². The highest BCUT2D eigenvalue weighted by Crippen LogP contribution is 2.11. The zero-order valence-corrected chi connectivity index (χ0v) is 7.26. The van der Waals surface area contributed by atoms with Crippen molar-refractivity contribution in [3.63, 3.8) is 0 Å². The van der Waals surface area contributed by atoms with E-state index in [0.717, 1.165) is 11.1 Å². The lowest BCUT2D eigenvalue weighted by molar-refractivity contribution is 0.359. The molecule has 0 radical (unpaired) electrons. The normalized spacial score (nSPS) is 12.9. The minimum Gasteiger partial charge on any atom is -0.326 e. The first-order valence-electron chi connectivity index (χ1n) is 4.15. The van der Waals surface area contributed by atoms with Gasteiger partial charge in [-0.1, -0.05) is 24.3 Å². The van der Waals surface area contributed by atoms with E-state index < -0.39 is 6.17 Å². The summed E-state index contributed by atoms with van der Waals surface area (Å²) in [6.07, 6.45) is -0.328. The maximum Gasteiger partial charge on any atom is 0.101 e. The lowest BCUT2D eigenvalue weighted by Gasteiger charge is -2.07. The third-order valence-electron chi connectivity index (χ3n) is 1.84. The predicted octanol–water partition coefficient (Wildman–Crippen LogP) is 2.05. The van der Waals surface area contributed by atoms with Crippen LogP contribution in [0.3, 0.4) is 0 Å². The molecule has 1 rings (SSSR count). The van der Waals surface area contributed by atoms with Crippen LogP contribution in [-0.4, -0.2) is 6.17 Å². The SMILES string of the molecule is CC(F)Cc1ccccc1CN. The molecule has 0 aromatic heterocycles. The Morgan fingerprint density at radius 3 is 2.42 bits per heavy atom. The van der Waals surface area contributed by atoms with Crippen molar-refractivity contribution in [2.75, 3.05) is 0 Å².